The maximum absolute atomic E-state index is 9.96. The van der Waals surface area contributed by atoms with E-state index in [2.05, 4.69) is 20.8 Å². The minimum absolute atomic E-state index is 0.0617. The first-order valence-corrected chi connectivity index (χ1v) is 5.94. The maximum Gasteiger partial charge on any atom is 0.0920 e. The summed E-state index contributed by atoms with van der Waals surface area (Å²) in [5.41, 5.74) is -0.201. The largest absolute Gasteiger partial charge is 0.390 e. The molecule has 0 aromatic rings. The van der Waals surface area contributed by atoms with E-state index in [0.717, 1.165) is 25.7 Å². The van der Waals surface area contributed by atoms with E-state index in [-0.39, 0.29) is 17.3 Å². The second-order valence-electron chi connectivity index (χ2n) is 5.17. The van der Waals surface area contributed by atoms with Crippen LogP contribution >= 0.6 is 0 Å². The van der Waals surface area contributed by atoms with E-state index in [0.29, 0.717) is 5.92 Å². The Morgan fingerprint density at radius 3 is 2.43 bits per heavy atom. The van der Waals surface area contributed by atoms with Crippen LogP contribution in [0.4, 0.5) is 0 Å². The van der Waals surface area contributed by atoms with Gasteiger partial charge in [-0.25, -0.2) is 0 Å². The monoisotopic (exact) mass is 198 g/mol. The van der Waals surface area contributed by atoms with Gasteiger partial charge in [0.2, 0.25) is 0 Å². The number of aliphatic hydroxyl groups is 1. The first kappa shape index (κ1) is 10.4. The van der Waals surface area contributed by atoms with Gasteiger partial charge in [-0.15, -0.1) is 0 Å². The maximum atomic E-state index is 9.96. The molecule has 2 aliphatic heterocycles. The molecule has 3 unspecified atom stereocenters. The summed E-state index contributed by atoms with van der Waals surface area (Å²) < 4.78 is 6.22. The van der Waals surface area contributed by atoms with Gasteiger partial charge in [0, 0.05) is 0 Å². The topological polar surface area (TPSA) is 29.5 Å². The molecule has 2 saturated heterocycles. The van der Waals surface area contributed by atoms with Crippen LogP contribution in [0, 0.1) is 5.92 Å². The fraction of sp³-hybridized carbons (Fsp3) is 1.00. The summed E-state index contributed by atoms with van der Waals surface area (Å²) in [6, 6.07) is 0. The molecule has 3 atom stereocenters. The lowest BCUT2D eigenvalue weighted by Gasteiger charge is -2.58. The molecule has 0 aromatic heterocycles. The Bertz CT molecular complexity index is 222. The minimum Gasteiger partial charge on any atom is -0.390 e. The highest BCUT2D eigenvalue weighted by atomic mass is 16.5. The lowest BCUT2D eigenvalue weighted by Crippen LogP contribution is -2.63. The molecular weight excluding hydrogens is 176 g/mol. The van der Waals surface area contributed by atoms with Crippen LogP contribution < -0.4 is 0 Å². The molecule has 3 aliphatic rings. The Morgan fingerprint density at radius 2 is 2.00 bits per heavy atom. The molecule has 14 heavy (non-hydrogen) atoms. The van der Waals surface area contributed by atoms with E-state index >= 15 is 0 Å². The number of aliphatic hydroxyl groups excluding tert-OH is 1. The highest BCUT2D eigenvalue weighted by Gasteiger charge is 2.55. The molecule has 0 amide bonds. The van der Waals surface area contributed by atoms with Gasteiger partial charge in [-0.3, -0.25) is 0 Å². The molecular formula is C12H22O2. The van der Waals surface area contributed by atoms with Crippen LogP contribution in [-0.4, -0.2) is 22.4 Å². The van der Waals surface area contributed by atoms with E-state index in [1.807, 2.05) is 0 Å². The third kappa shape index (κ3) is 1.24. The first-order chi connectivity index (χ1) is 6.56. The predicted octanol–water partition coefficient (Wildman–Crippen LogP) is 2.50. The first-order valence-electron chi connectivity index (χ1n) is 5.94. The van der Waals surface area contributed by atoms with Gasteiger partial charge in [0.15, 0.2) is 0 Å². The van der Waals surface area contributed by atoms with E-state index in [1.54, 1.807) is 0 Å². The molecule has 1 N–H and O–H groups in total. The van der Waals surface area contributed by atoms with Crippen LogP contribution in [0.1, 0.15) is 52.9 Å². The molecule has 1 saturated carbocycles. The predicted molar refractivity (Wildman–Crippen MR) is 56.2 cm³/mol. The fourth-order valence-electron chi connectivity index (χ4n) is 3.38. The normalized spacial score (nSPS) is 45.4. The van der Waals surface area contributed by atoms with E-state index < -0.39 is 0 Å². The highest BCUT2D eigenvalue weighted by molar-refractivity contribution is 5.05. The van der Waals surface area contributed by atoms with Crippen molar-refractivity contribution < 1.29 is 9.84 Å². The summed E-state index contributed by atoms with van der Waals surface area (Å²) in [6.07, 6.45) is 5.12. The molecule has 0 aromatic carbocycles. The second-order valence-corrected chi connectivity index (χ2v) is 5.17. The summed E-state index contributed by atoms with van der Waals surface area (Å²) >= 11 is 0. The van der Waals surface area contributed by atoms with Crippen LogP contribution in [0.25, 0.3) is 0 Å². The van der Waals surface area contributed by atoms with Gasteiger partial charge in [0.25, 0.3) is 0 Å². The zero-order chi connectivity index (χ0) is 10.4. The summed E-state index contributed by atoms with van der Waals surface area (Å²) in [5.74, 6) is 0.578. The average Bonchev–Trinajstić information content (AvgIpc) is 2.19. The van der Waals surface area contributed by atoms with Gasteiger partial charge in [0.05, 0.1) is 17.3 Å². The smallest absolute Gasteiger partial charge is 0.0920 e. The Labute approximate surface area is 86.6 Å². The van der Waals surface area contributed by atoms with Crippen LogP contribution in [0.5, 0.6) is 0 Å². The molecule has 82 valence electrons. The molecule has 0 spiro atoms. The van der Waals surface area contributed by atoms with Crippen LogP contribution in [0.3, 0.4) is 0 Å². The summed E-state index contributed by atoms with van der Waals surface area (Å²) in [5, 5.41) is 9.96. The van der Waals surface area contributed by atoms with E-state index in [9.17, 15) is 5.11 Å². The zero-order valence-electron chi connectivity index (χ0n) is 9.55. The summed E-state index contributed by atoms with van der Waals surface area (Å²) in [6.45, 7) is 6.49. The van der Waals surface area contributed by atoms with E-state index in [1.165, 1.54) is 6.42 Å². The Hall–Kier alpha value is -0.0800. The third-order valence-corrected chi connectivity index (χ3v) is 4.58. The van der Waals surface area contributed by atoms with Crippen molar-refractivity contribution in [2.24, 2.45) is 5.92 Å². The van der Waals surface area contributed by atoms with Gasteiger partial charge in [-0.05, 0) is 44.9 Å². The van der Waals surface area contributed by atoms with Gasteiger partial charge in [-0.1, -0.05) is 13.8 Å². The molecule has 3 rings (SSSR count). The van der Waals surface area contributed by atoms with Crippen molar-refractivity contribution in [2.75, 3.05) is 0 Å². The van der Waals surface area contributed by atoms with Gasteiger partial charge in [0.1, 0.15) is 0 Å². The standard InChI is InChI=1S/C12H22O2/c1-4-12(5-2)9-6-7-11(3,14-12)10(13)8-9/h9-10,13H,4-8H2,1-3H3. The molecule has 0 radical (unpaired) electrons. The molecule has 2 heteroatoms. The van der Waals surface area contributed by atoms with Crippen molar-refractivity contribution >= 4 is 0 Å². The van der Waals surface area contributed by atoms with Crippen molar-refractivity contribution in [1.82, 2.24) is 0 Å². The van der Waals surface area contributed by atoms with Gasteiger partial charge >= 0.3 is 0 Å². The lowest BCUT2D eigenvalue weighted by atomic mass is 9.64. The fourth-order valence-corrected chi connectivity index (χ4v) is 3.38. The number of hydrogen-bond acceptors (Lipinski definition) is 2. The van der Waals surface area contributed by atoms with Gasteiger partial charge in [-0.2, -0.15) is 0 Å². The second kappa shape index (κ2) is 3.21. The Kier molecular flexibility index (Phi) is 2.39. The number of ether oxygens (including phenoxy) is 1. The van der Waals surface area contributed by atoms with Crippen molar-refractivity contribution in [3.8, 4) is 0 Å². The molecule has 1 aliphatic carbocycles. The highest BCUT2D eigenvalue weighted by Crippen LogP contribution is 2.52. The molecule has 3 fully saturated rings. The Morgan fingerprint density at radius 1 is 1.36 bits per heavy atom. The van der Waals surface area contributed by atoms with Crippen LogP contribution in [0.2, 0.25) is 0 Å². The van der Waals surface area contributed by atoms with Crippen molar-refractivity contribution in [3.05, 3.63) is 0 Å². The minimum atomic E-state index is -0.263. The number of hydrogen-bond donors (Lipinski definition) is 1. The summed E-state index contributed by atoms with van der Waals surface area (Å²) in [7, 11) is 0. The molecule has 2 nitrogen and oxygen atoms in total. The van der Waals surface area contributed by atoms with Crippen molar-refractivity contribution in [1.29, 1.82) is 0 Å². The number of fused-ring (bicyclic) bond motifs is 3. The Balaban J connectivity index is 2.26. The molecule has 2 bridgehead atoms. The SMILES string of the molecule is CCC1(CC)OC2(C)CCC1CC2O. The quantitative estimate of drug-likeness (QED) is 0.738. The summed E-state index contributed by atoms with van der Waals surface area (Å²) in [4.78, 5) is 0. The van der Waals surface area contributed by atoms with E-state index in [4.69, 9.17) is 4.74 Å². The number of rotatable bonds is 2. The lowest BCUT2D eigenvalue weighted by molar-refractivity contribution is -0.288. The van der Waals surface area contributed by atoms with Gasteiger partial charge < -0.3 is 9.84 Å². The average molecular weight is 198 g/mol. The van der Waals surface area contributed by atoms with Crippen molar-refractivity contribution in [2.45, 2.75) is 70.2 Å². The van der Waals surface area contributed by atoms with Crippen LogP contribution in [-0.2, 0) is 4.74 Å². The van der Waals surface area contributed by atoms with Crippen LogP contribution in [0.15, 0.2) is 0 Å². The zero-order valence-corrected chi connectivity index (χ0v) is 9.55. The van der Waals surface area contributed by atoms with Crippen molar-refractivity contribution in [3.63, 3.8) is 0 Å². The molecule has 2 heterocycles. The third-order valence-electron chi connectivity index (χ3n) is 4.58.